The number of nitrogens with two attached hydrogens (primary N) is 1. The van der Waals surface area contributed by atoms with Crippen molar-refractivity contribution >= 4 is 12.1 Å². The molecular weight excluding hydrogens is 354 g/mol. The van der Waals surface area contributed by atoms with Crippen LogP contribution in [-0.2, 0) is 17.1 Å². The third kappa shape index (κ3) is 4.37. The van der Waals surface area contributed by atoms with Gasteiger partial charge in [-0.1, -0.05) is 0 Å². The number of halogens is 6. The summed E-state index contributed by atoms with van der Waals surface area (Å²) in [6, 6.07) is 1.04. The molecule has 1 amide bonds. The number of alkyl halides is 6. The molecule has 1 aromatic carbocycles. The van der Waals surface area contributed by atoms with Crippen molar-refractivity contribution in [3.05, 3.63) is 41.2 Å². The molecule has 0 aliphatic heterocycles. The molecule has 0 spiro atoms. The lowest BCUT2D eigenvalue weighted by Crippen LogP contribution is -2.12. The number of benzene rings is 1. The average molecular weight is 364 g/mol. The normalized spacial score (nSPS) is 13.2. The van der Waals surface area contributed by atoms with Crippen LogP contribution in [0.3, 0.4) is 0 Å². The molecule has 25 heavy (non-hydrogen) atoms. The Labute approximate surface area is 136 Å². The number of primary amides is 1. The lowest BCUT2D eigenvalue weighted by atomic mass is 10.0. The molecule has 0 unspecified atom stereocenters. The molecule has 2 N–H and O–H groups in total. The van der Waals surface area contributed by atoms with E-state index in [9.17, 15) is 31.1 Å². The predicted octanol–water partition coefficient (Wildman–Crippen LogP) is 3.33. The first kappa shape index (κ1) is 18.5. The molecule has 2 aromatic rings. The first-order valence-electron chi connectivity index (χ1n) is 6.57. The third-order valence-corrected chi connectivity index (χ3v) is 3.07. The standard InChI is InChI=1S/C14H10F6N4O/c1-7(11(21)25)5-24-6-22-12(23-24)8-2-9(13(15,16)17)4-10(3-8)14(18,19)20/h2-6H,1H3,(H2,21,25)/b7-5+. The maximum absolute atomic E-state index is 12.8. The second-order valence-electron chi connectivity index (χ2n) is 5.02. The topological polar surface area (TPSA) is 73.8 Å². The zero-order chi connectivity index (χ0) is 19.0. The SMILES string of the molecule is C/C(=C\n1cnc(-c2cc(C(F)(F)F)cc(C(F)(F)F)c2)n1)C(N)=O. The van der Waals surface area contributed by atoms with Crippen LogP contribution in [0.5, 0.6) is 0 Å². The van der Waals surface area contributed by atoms with Crippen LogP contribution < -0.4 is 5.73 Å². The van der Waals surface area contributed by atoms with Gasteiger partial charge in [0.05, 0.1) is 11.1 Å². The van der Waals surface area contributed by atoms with Crippen molar-refractivity contribution < 1.29 is 31.1 Å². The second kappa shape index (κ2) is 6.22. The van der Waals surface area contributed by atoms with Crippen molar-refractivity contribution in [3.8, 4) is 11.4 Å². The smallest absolute Gasteiger partial charge is 0.366 e. The predicted molar refractivity (Wildman–Crippen MR) is 74.6 cm³/mol. The van der Waals surface area contributed by atoms with Crippen LogP contribution in [0.1, 0.15) is 18.1 Å². The summed E-state index contributed by atoms with van der Waals surface area (Å²) in [5.74, 6) is -1.14. The van der Waals surface area contributed by atoms with Gasteiger partial charge in [-0.25, -0.2) is 9.67 Å². The summed E-state index contributed by atoms with van der Waals surface area (Å²) in [5, 5.41) is 3.74. The van der Waals surface area contributed by atoms with Gasteiger partial charge in [0.2, 0.25) is 5.91 Å². The van der Waals surface area contributed by atoms with Crippen molar-refractivity contribution in [2.75, 3.05) is 0 Å². The van der Waals surface area contributed by atoms with Gasteiger partial charge in [0, 0.05) is 17.3 Å². The Bertz CT molecular complexity index is 802. The number of hydrogen-bond acceptors (Lipinski definition) is 3. The molecule has 0 bridgehead atoms. The van der Waals surface area contributed by atoms with E-state index in [1.165, 1.54) is 6.92 Å². The van der Waals surface area contributed by atoms with Gasteiger partial charge >= 0.3 is 12.4 Å². The summed E-state index contributed by atoms with van der Waals surface area (Å²) < 4.78 is 78.0. The highest BCUT2D eigenvalue weighted by Crippen LogP contribution is 2.37. The van der Waals surface area contributed by atoms with Crippen molar-refractivity contribution in [3.63, 3.8) is 0 Å². The summed E-state index contributed by atoms with van der Waals surface area (Å²) in [5.41, 5.74) is 1.67. The van der Waals surface area contributed by atoms with Crippen LogP contribution in [0.2, 0.25) is 0 Å². The van der Waals surface area contributed by atoms with Gasteiger partial charge < -0.3 is 5.73 Å². The number of carbonyl (C=O) groups excluding carboxylic acids is 1. The van der Waals surface area contributed by atoms with E-state index in [4.69, 9.17) is 5.73 Å². The minimum Gasteiger partial charge on any atom is -0.366 e. The lowest BCUT2D eigenvalue weighted by Gasteiger charge is -2.13. The van der Waals surface area contributed by atoms with Gasteiger partial charge in [0.1, 0.15) is 6.33 Å². The summed E-state index contributed by atoms with van der Waals surface area (Å²) >= 11 is 0. The Balaban J connectivity index is 2.54. The Morgan fingerprint density at radius 3 is 2.04 bits per heavy atom. The number of aromatic nitrogens is 3. The first-order valence-corrected chi connectivity index (χ1v) is 6.57. The molecule has 2 rings (SSSR count). The third-order valence-electron chi connectivity index (χ3n) is 3.07. The minimum atomic E-state index is -4.97. The number of amides is 1. The Kier molecular flexibility index (Phi) is 4.60. The van der Waals surface area contributed by atoms with Gasteiger partial charge in [-0.3, -0.25) is 4.79 Å². The fraction of sp³-hybridized carbons (Fsp3) is 0.214. The highest BCUT2D eigenvalue weighted by molar-refractivity contribution is 5.94. The van der Waals surface area contributed by atoms with Crippen LogP contribution >= 0.6 is 0 Å². The fourth-order valence-corrected chi connectivity index (χ4v) is 1.82. The van der Waals surface area contributed by atoms with E-state index < -0.39 is 35.0 Å². The molecule has 11 heteroatoms. The van der Waals surface area contributed by atoms with E-state index in [-0.39, 0.29) is 17.5 Å². The maximum atomic E-state index is 12.8. The van der Waals surface area contributed by atoms with Crippen LogP contribution in [0, 0.1) is 0 Å². The van der Waals surface area contributed by atoms with Crippen LogP contribution in [-0.4, -0.2) is 20.7 Å². The molecule has 0 aliphatic rings. The molecule has 1 aromatic heterocycles. The van der Waals surface area contributed by atoms with Gasteiger partial charge in [0.15, 0.2) is 5.82 Å². The molecule has 0 atom stereocenters. The average Bonchev–Trinajstić information content (AvgIpc) is 2.93. The number of hydrogen-bond donors (Lipinski definition) is 1. The molecule has 0 radical (unpaired) electrons. The van der Waals surface area contributed by atoms with Crippen LogP contribution in [0.15, 0.2) is 30.1 Å². The summed E-state index contributed by atoms with van der Waals surface area (Å²) in [4.78, 5) is 14.6. The molecule has 5 nitrogen and oxygen atoms in total. The van der Waals surface area contributed by atoms with E-state index in [1.807, 2.05) is 0 Å². The van der Waals surface area contributed by atoms with E-state index >= 15 is 0 Å². The highest BCUT2D eigenvalue weighted by atomic mass is 19.4. The largest absolute Gasteiger partial charge is 0.416 e. The van der Waals surface area contributed by atoms with E-state index in [0.29, 0.717) is 12.1 Å². The summed E-state index contributed by atoms with van der Waals surface area (Å²) in [6.45, 7) is 1.36. The zero-order valence-electron chi connectivity index (χ0n) is 12.5. The van der Waals surface area contributed by atoms with Crippen molar-refractivity contribution in [1.29, 1.82) is 0 Å². The lowest BCUT2D eigenvalue weighted by molar-refractivity contribution is -0.143. The van der Waals surface area contributed by atoms with Gasteiger partial charge in [-0.2, -0.15) is 26.3 Å². The Morgan fingerprint density at radius 1 is 1.08 bits per heavy atom. The number of rotatable bonds is 3. The Morgan fingerprint density at radius 2 is 1.60 bits per heavy atom. The molecule has 1 heterocycles. The molecule has 134 valence electrons. The molecule has 0 fully saturated rings. The maximum Gasteiger partial charge on any atom is 0.416 e. The summed E-state index contributed by atoms with van der Waals surface area (Å²) in [7, 11) is 0. The zero-order valence-corrected chi connectivity index (χ0v) is 12.5. The van der Waals surface area contributed by atoms with E-state index in [1.54, 1.807) is 0 Å². The fourth-order valence-electron chi connectivity index (χ4n) is 1.82. The molecule has 0 aliphatic carbocycles. The number of nitrogens with zero attached hydrogens (tertiary/aromatic N) is 3. The van der Waals surface area contributed by atoms with Gasteiger partial charge in [-0.15, -0.1) is 5.10 Å². The van der Waals surface area contributed by atoms with Crippen LogP contribution in [0.25, 0.3) is 17.6 Å². The quantitative estimate of drug-likeness (QED) is 0.671. The first-order chi connectivity index (χ1) is 11.4. The molecule has 0 saturated carbocycles. The highest BCUT2D eigenvalue weighted by Gasteiger charge is 2.37. The van der Waals surface area contributed by atoms with Crippen molar-refractivity contribution in [2.24, 2.45) is 5.73 Å². The Hall–Kier alpha value is -2.85. The van der Waals surface area contributed by atoms with E-state index in [2.05, 4.69) is 10.1 Å². The van der Waals surface area contributed by atoms with E-state index in [0.717, 1.165) is 17.2 Å². The molecule has 0 saturated heterocycles. The second-order valence-corrected chi connectivity index (χ2v) is 5.02. The van der Waals surface area contributed by atoms with Crippen molar-refractivity contribution in [2.45, 2.75) is 19.3 Å². The van der Waals surface area contributed by atoms with Gasteiger partial charge in [0.25, 0.3) is 0 Å². The van der Waals surface area contributed by atoms with Gasteiger partial charge in [-0.05, 0) is 25.1 Å². The number of carbonyl (C=O) groups is 1. The molecular formula is C14H10F6N4O. The minimum absolute atomic E-state index is 0.0115. The van der Waals surface area contributed by atoms with Crippen LogP contribution in [0.4, 0.5) is 26.3 Å². The monoisotopic (exact) mass is 364 g/mol. The summed E-state index contributed by atoms with van der Waals surface area (Å²) in [6.07, 6.45) is -7.78. The van der Waals surface area contributed by atoms with Crippen molar-refractivity contribution in [1.82, 2.24) is 14.8 Å².